The van der Waals surface area contributed by atoms with Crippen molar-refractivity contribution in [2.45, 2.75) is 13.3 Å². The lowest BCUT2D eigenvalue weighted by molar-refractivity contribution is -0.124. The second-order valence-electron chi connectivity index (χ2n) is 6.29. The highest BCUT2D eigenvalue weighted by molar-refractivity contribution is 5.77. The zero-order valence-electron chi connectivity index (χ0n) is 13.3. The molecule has 2 aliphatic heterocycles. The summed E-state index contributed by atoms with van der Waals surface area (Å²) in [7, 11) is 1.66. The number of carbonyl (C=O) groups excluding carboxylic acids is 1. The third-order valence-corrected chi connectivity index (χ3v) is 4.65. The maximum atomic E-state index is 11.4. The lowest BCUT2D eigenvalue weighted by Gasteiger charge is -2.23. The van der Waals surface area contributed by atoms with Crippen molar-refractivity contribution in [2.24, 2.45) is 11.8 Å². The second-order valence-corrected chi connectivity index (χ2v) is 6.29. The standard InChI is InChI=1S/C17H24N2O3/c1-12-3-4-15(16(7-12)21-2)22-6-5-19-10-13-8-17(20)18-9-14(13)11-19/h3-4,7,13-14H,5-6,8-11H2,1-2H3,(H,18,20)/t13-,14+/m1/s1. The molecular weight excluding hydrogens is 280 g/mol. The first-order valence-corrected chi connectivity index (χ1v) is 7.92. The summed E-state index contributed by atoms with van der Waals surface area (Å²) in [6.07, 6.45) is 0.674. The Morgan fingerprint density at radius 1 is 1.27 bits per heavy atom. The molecule has 2 heterocycles. The maximum Gasteiger partial charge on any atom is 0.220 e. The van der Waals surface area contributed by atoms with Gasteiger partial charge in [0.05, 0.1) is 7.11 Å². The summed E-state index contributed by atoms with van der Waals surface area (Å²) in [6.45, 7) is 6.45. The number of likely N-dealkylation sites (tertiary alicyclic amines) is 1. The minimum atomic E-state index is 0.198. The van der Waals surface area contributed by atoms with Crippen LogP contribution in [0, 0.1) is 18.8 Å². The minimum Gasteiger partial charge on any atom is -0.493 e. The van der Waals surface area contributed by atoms with Crippen molar-refractivity contribution >= 4 is 5.91 Å². The summed E-state index contributed by atoms with van der Waals surface area (Å²) < 4.78 is 11.2. The average molecular weight is 304 g/mol. The van der Waals surface area contributed by atoms with Gasteiger partial charge in [-0.15, -0.1) is 0 Å². The van der Waals surface area contributed by atoms with Crippen molar-refractivity contribution in [2.75, 3.05) is 39.9 Å². The van der Waals surface area contributed by atoms with Crippen LogP contribution < -0.4 is 14.8 Å². The minimum absolute atomic E-state index is 0.198. The Labute approximate surface area is 131 Å². The van der Waals surface area contributed by atoms with E-state index in [9.17, 15) is 4.79 Å². The summed E-state index contributed by atoms with van der Waals surface area (Å²) >= 11 is 0. The number of rotatable bonds is 5. The van der Waals surface area contributed by atoms with Gasteiger partial charge in [0, 0.05) is 32.6 Å². The molecule has 120 valence electrons. The molecule has 0 radical (unpaired) electrons. The Bertz CT molecular complexity index is 547. The van der Waals surface area contributed by atoms with Gasteiger partial charge in [-0.25, -0.2) is 0 Å². The molecule has 1 amide bonds. The van der Waals surface area contributed by atoms with Crippen LogP contribution in [0.5, 0.6) is 11.5 Å². The van der Waals surface area contributed by atoms with Gasteiger partial charge in [0.1, 0.15) is 6.61 Å². The number of methoxy groups -OCH3 is 1. The van der Waals surface area contributed by atoms with Gasteiger partial charge in [-0.1, -0.05) is 6.07 Å². The summed E-state index contributed by atoms with van der Waals surface area (Å²) in [5.74, 6) is 2.89. The second kappa shape index (κ2) is 6.57. The maximum absolute atomic E-state index is 11.4. The van der Waals surface area contributed by atoms with Gasteiger partial charge in [0.2, 0.25) is 5.91 Å². The first kappa shape index (κ1) is 15.2. The van der Waals surface area contributed by atoms with Crippen LogP contribution in [0.2, 0.25) is 0 Å². The molecule has 3 rings (SSSR count). The number of hydrogen-bond donors (Lipinski definition) is 1. The molecule has 1 N–H and O–H groups in total. The van der Waals surface area contributed by atoms with E-state index in [1.54, 1.807) is 7.11 Å². The van der Waals surface area contributed by atoms with Gasteiger partial charge in [-0.05, 0) is 36.5 Å². The number of amides is 1. The Kier molecular flexibility index (Phi) is 4.52. The zero-order valence-corrected chi connectivity index (χ0v) is 13.3. The zero-order chi connectivity index (χ0) is 15.5. The Morgan fingerprint density at radius 3 is 2.91 bits per heavy atom. The molecule has 5 nitrogen and oxygen atoms in total. The van der Waals surface area contributed by atoms with Crippen LogP contribution in [0.3, 0.4) is 0 Å². The molecule has 1 aromatic rings. The van der Waals surface area contributed by atoms with Crippen molar-refractivity contribution in [1.29, 1.82) is 0 Å². The van der Waals surface area contributed by atoms with Crippen LogP contribution in [-0.4, -0.2) is 50.7 Å². The SMILES string of the molecule is COc1cc(C)ccc1OCCN1C[C@H]2CC(=O)NC[C@H]2C1. The van der Waals surface area contributed by atoms with Gasteiger partial charge in [-0.2, -0.15) is 0 Å². The van der Waals surface area contributed by atoms with E-state index >= 15 is 0 Å². The Morgan fingerprint density at radius 2 is 2.09 bits per heavy atom. The van der Waals surface area contributed by atoms with Crippen molar-refractivity contribution in [1.82, 2.24) is 10.2 Å². The first-order valence-electron chi connectivity index (χ1n) is 7.92. The number of nitrogens with one attached hydrogen (secondary N) is 1. The number of aryl methyl sites for hydroxylation is 1. The summed E-state index contributed by atoms with van der Waals surface area (Å²) in [5, 5.41) is 2.96. The molecule has 22 heavy (non-hydrogen) atoms. The van der Waals surface area contributed by atoms with Crippen LogP contribution in [-0.2, 0) is 4.79 Å². The predicted octanol–water partition coefficient (Wildman–Crippen LogP) is 1.45. The summed E-state index contributed by atoms with van der Waals surface area (Å²) in [4.78, 5) is 13.8. The van der Waals surface area contributed by atoms with Crippen molar-refractivity contribution in [3.63, 3.8) is 0 Å². The van der Waals surface area contributed by atoms with Crippen LogP contribution in [0.25, 0.3) is 0 Å². The molecule has 2 fully saturated rings. The molecule has 0 aliphatic carbocycles. The smallest absolute Gasteiger partial charge is 0.220 e. The lowest BCUT2D eigenvalue weighted by Crippen LogP contribution is -2.39. The monoisotopic (exact) mass is 304 g/mol. The normalized spacial score (nSPS) is 24.7. The van der Waals surface area contributed by atoms with E-state index in [0.29, 0.717) is 24.9 Å². The lowest BCUT2D eigenvalue weighted by atomic mass is 9.89. The molecule has 0 unspecified atom stereocenters. The Hall–Kier alpha value is -1.75. The van der Waals surface area contributed by atoms with E-state index in [0.717, 1.165) is 43.2 Å². The highest BCUT2D eigenvalue weighted by Gasteiger charge is 2.36. The molecule has 0 bridgehead atoms. The number of fused-ring (bicyclic) bond motifs is 1. The van der Waals surface area contributed by atoms with E-state index in [1.807, 2.05) is 25.1 Å². The number of benzene rings is 1. The number of hydrogen-bond acceptors (Lipinski definition) is 4. The van der Waals surface area contributed by atoms with Crippen LogP contribution in [0.4, 0.5) is 0 Å². The number of nitrogens with zero attached hydrogens (tertiary/aromatic N) is 1. The molecule has 1 aromatic carbocycles. The topological polar surface area (TPSA) is 50.8 Å². The predicted molar refractivity (Wildman–Crippen MR) is 84.3 cm³/mol. The highest BCUT2D eigenvalue weighted by atomic mass is 16.5. The van der Waals surface area contributed by atoms with Gasteiger partial charge >= 0.3 is 0 Å². The third-order valence-electron chi connectivity index (χ3n) is 4.65. The third kappa shape index (κ3) is 3.35. The largest absolute Gasteiger partial charge is 0.493 e. The molecule has 2 saturated heterocycles. The fourth-order valence-corrected chi connectivity index (χ4v) is 3.41. The average Bonchev–Trinajstić information content (AvgIpc) is 2.90. The summed E-state index contributed by atoms with van der Waals surface area (Å²) in [5.41, 5.74) is 1.16. The number of ether oxygens (including phenoxy) is 2. The highest BCUT2D eigenvalue weighted by Crippen LogP contribution is 2.29. The molecule has 0 saturated carbocycles. The fourth-order valence-electron chi connectivity index (χ4n) is 3.41. The molecular formula is C17H24N2O3. The van der Waals surface area contributed by atoms with Crippen molar-refractivity contribution < 1.29 is 14.3 Å². The van der Waals surface area contributed by atoms with E-state index in [1.165, 1.54) is 0 Å². The fraction of sp³-hybridized carbons (Fsp3) is 0.588. The number of carbonyl (C=O) groups is 1. The molecule has 2 atom stereocenters. The molecule has 0 spiro atoms. The van der Waals surface area contributed by atoms with Crippen molar-refractivity contribution in [3.05, 3.63) is 23.8 Å². The van der Waals surface area contributed by atoms with Gasteiger partial charge in [-0.3, -0.25) is 9.69 Å². The van der Waals surface area contributed by atoms with Crippen LogP contribution in [0.1, 0.15) is 12.0 Å². The number of piperidine rings is 1. The van der Waals surface area contributed by atoms with Crippen molar-refractivity contribution in [3.8, 4) is 11.5 Å². The summed E-state index contributed by atoms with van der Waals surface area (Å²) in [6, 6.07) is 5.97. The van der Waals surface area contributed by atoms with Crippen LogP contribution >= 0.6 is 0 Å². The van der Waals surface area contributed by atoms with E-state index in [-0.39, 0.29) is 5.91 Å². The van der Waals surface area contributed by atoms with Crippen LogP contribution in [0.15, 0.2) is 18.2 Å². The van der Waals surface area contributed by atoms with Gasteiger partial charge < -0.3 is 14.8 Å². The molecule has 0 aromatic heterocycles. The quantitative estimate of drug-likeness (QED) is 0.894. The molecule has 5 heteroatoms. The van der Waals surface area contributed by atoms with Gasteiger partial charge in [0.15, 0.2) is 11.5 Å². The van der Waals surface area contributed by atoms with E-state index < -0.39 is 0 Å². The first-order chi connectivity index (χ1) is 10.7. The van der Waals surface area contributed by atoms with Gasteiger partial charge in [0.25, 0.3) is 0 Å². The Balaban J connectivity index is 1.49. The van der Waals surface area contributed by atoms with E-state index in [4.69, 9.17) is 9.47 Å². The molecule has 2 aliphatic rings. The van der Waals surface area contributed by atoms with E-state index in [2.05, 4.69) is 10.2 Å².